The maximum absolute atomic E-state index is 12.5. The van der Waals surface area contributed by atoms with Crippen molar-refractivity contribution in [3.8, 4) is 0 Å². The second kappa shape index (κ2) is 7.50. The van der Waals surface area contributed by atoms with Crippen molar-refractivity contribution in [2.24, 2.45) is 5.92 Å². The Morgan fingerprint density at radius 1 is 1.08 bits per heavy atom. The highest BCUT2D eigenvalue weighted by Crippen LogP contribution is 2.22. The van der Waals surface area contributed by atoms with Gasteiger partial charge in [-0.3, -0.25) is 4.79 Å². The Bertz CT molecular complexity index is 895. The number of hydrogen-bond acceptors (Lipinski definition) is 2. The lowest BCUT2D eigenvalue weighted by Gasteiger charge is -2.32. The zero-order valence-electron chi connectivity index (χ0n) is 14.6. The van der Waals surface area contributed by atoms with Crippen molar-refractivity contribution in [2.45, 2.75) is 25.8 Å². The minimum Gasteiger partial charge on any atom is -0.342 e. The molecule has 1 fully saturated rings. The first kappa shape index (κ1) is 17.1. The van der Waals surface area contributed by atoms with Gasteiger partial charge in [0.2, 0.25) is 5.91 Å². The van der Waals surface area contributed by atoms with Gasteiger partial charge in [0, 0.05) is 24.7 Å². The van der Waals surface area contributed by atoms with Crippen molar-refractivity contribution in [2.75, 3.05) is 13.1 Å². The molecule has 4 nitrogen and oxygen atoms in total. The van der Waals surface area contributed by atoms with Crippen LogP contribution >= 0.6 is 11.6 Å². The van der Waals surface area contributed by atoms with Crippen LogP contribution in [0.3, 0.4) is 0 Å². The molecule has 0 unspecified atom stereocenters. The second-order valence-electron chi connectivity index (χ2n) is 7.01. The van der Waals surface area contributed by atoms with Gasteiger partial charge in [0.25, 0.3) is 0 Å². The van der Waals surface area contributed by atoms with E-state index in [4.69, 9.17) is 11.6 Å². The van der Waals surface area contributed by atoms with E-state index in [1.807, 2.05) is 47.6 Å². The Balaban J connectivity index is 1.32. The fourth-order valence-electron chi connectivity index (χ4n) is 3.69. The van der Waals surface area contributed by atoms with Crippen molar-refractivity contribution in [3.63, 3.8) is 0 Å². The number of fused-ring (bicyclic) bond motifs is 1. The quantitative estimate of drug-likeness (QED) is 0.694. The first-order valence-corrected chi connectivity index (χ1v) is 9.49. The number of carbonyl (C=O) groups excluding carboxylic acids is 1. The van der Waals surface area contributed by atoms with Crippen LogP contribution in [-0.2, 0) is 17.8 Å². The molecule has 26 heavy (non-hydrogen) atoms. The van der Waals surface area contributed by atoms with Gasteiger partial charge in [-0.2, -0.15) is 0 Å². The average Bonchev–Trinajstić information content (AvgIpc) is 3.07. The second-order valence-corrected chi connectivity index (χ2v) is 7.45. The molecule has 1 aliphatic rings. The van der Waals surface area contributed by atoms with E-state index < -0.39 is 0 Å². The van der Waals surface area contributed by atoms with Gasteiger partial charge in [-0.25, -0.2) is 4.98 Å². The van der Waals surface area contributed by atoms with Gasteiger partial charge in [-0.1, -0.05) is 35.9 Å². The first-order chi connectivity index (χ1) is 12.7. The molecule has 0 aliphatic carbocycles. The normalized spacial score (nSPS) is 15.5. The van der Waals surface area contributed by atoms with Crippen LogP contribution in [0.5, 0.6) is 0 Å². The van der Waals surface area contributed by atoms with Crippen LogP contribution in [-0.4, -0.2) is 33.4 Å². The summed E-state index contributed by atoms with van der Waals surface area (Å²) in [5, 5.41) is 0.703. The molecule has 3 aromatic rings. The van der Waals surface area contributed by atoms with Gasteiger partial charge in [0.15, 0.2) is 0 Å². The Labute approximate surface area is 158 Å². The van der Waals surface area contributed by atoms with E-state index >= 15 is 0 Å². The molecule has 1 saturated heterocycles. The fourth-order valence-corrected chi connectivity index (χ4v) is 3.81. The molecule has 2 heterocycles. The smallest absolute Gasteiger partial charge is 0.226 e. The van der Waals surface area contributed by atoms with Crippen LogP contribution in [0.25, 0.3) is 11.0 Å². The topological polar surface area (TPSA) is 38.1 Å². The molecule has 5 heteroatoms. The molecular weight excluding hydrogens is 346 g/mol. The summed E-state index contributed by atoms with van der Waals surface area (Å²) in [6.45, 7) is 2.65. The van der Waals surface area contributed by atoms with Crippen molar-refractivity contribution in [3.05, 3.63) is 65.4 Å². The van der Waals surface area contributed by atoms with E-state index in [0.717, 1.165) is 43.6 Å². The summed E-state index contributed by atoms with van der Waals surface area (Å²) < 4.78 is 2.24. The number of amides is 1. The summed E-state index contributed by atoms with van der Waals surface area (Å²) in [6, 6.07) is 15.8. The third-order valence-corrected chi connectivity index (χ3v) is 5.47. The Hall–Kier alpha value is -2.33. The number of nitrogens with zero attached hydrogens (tertiary/aromatic N) is 3. The zero-order chi connectivity index (χ0) is 17.9. The number of halogens is 1. The van der Waals surface area contributed by atoms with Crippen molar-refractivity contribution in [1.29, 1.82) is 0 Å². The van der Waals surface area contributed by atoms with Gasteiger partial charge < -0.3 is 9.47 Å². The first-order valence-electron chi connectivity index (χ1n) is 9.11. The number of imidazole rings is 1. The molecule has 4 rings (SSSR count). The summed E-state index contributed by atoms with van der Waals surface area (Å²) in [7, 11) is 0. The highest BCUT2D eigenvalue weighted by molar-refractivity contribution is 6.30. The lowest BCUT2D eigenvalue weighted by molar-refractivity contribution is -0.131. The summed E-state index contributed by atoms with van der Waals surface area (Å²) in [5.41, 5.74) is 3.25. The highest BCUT2D eigenvalue weighted by Gasteiger charge is 2.23. The van der Waals surface area contributed by atoms with Crippen molar-refractivity contribution in [1.82, 2.24) is 14.5 Å². The van der Waals surface area contributed by atoms with Crippen LogP contribution in [0.4, 0.5) is 0 Å². The zero-order valence-corrected chi connectivity index (χ0v) is 15.4. The fraction of sp³-hybridized carbons (Fsp3) is 0.333. The van der Waals surface area contributed by atoms with Gasteiger partial charge in [-0.05, 0) is 48.6 Å². The number of benzene rings is 2. The maximum Gasteiger partial charge on any atom is 0.226 e. The lowest BCUT2D eigenvalue weighted by Crippen LogP contribution is -2.40. The average molecular weight is 368 g/mol. The van der Waals surface area contributed by atoms with E-state index in [1.54, 1.807) is 0 Å². The molecule has 1 amide bonds. The monoisotopic (exact) mass is 367 g/mol. The van der Waals surface area contributed by atoms with Crippen LogP contribution in [0, 0.1) is 5.92 Å². The van der Waals surface area contributed by atoms with Gasteiger partial charge >= 0.3 is 0 Å². The number of carbonyl (C=O) groups is 1. The minimum absolute atomic E-state index is 0.207. The van der Waals surface area contributed by atoms with Crippen LogP contribution < -0.4 is 0 Å². The summed E-state index contributed by atoms with van der Waals surface area (Å²) in [4.78, 5) is 19.0. The number of piperidine rings is 1. The number of rotatable bonds is 4. The van der Waals surface area contributed by atoms with E-state index in [-0.39, 0.29) is 5.91 Å². The molecular formula is C21H22ClN3O. The summed E-state index contributed by atoms with van der Waals surface area (Å²) in [6.07, 6.45) is 4.47. The predicted octanol–water partition coefficient (Wildman–Crippen LogP) is 4.17. The Morgan fingerprint density at radius 2 is 1.81 bits per heavy atom. The standard InChI is InChI=1S/C21H22ClN3O/c22-18-7-5-16(6-8-18)13-21(26)24-11-9-17(10-12-24)14-25-15-23-19-3-1-2-4-20(19)25/h1-8,15,17H,9-14H2. The van der Waals surface area contributed by atoms with Crippen molar-refractivity contribution < 1.29 is 4.79 Å². The van der Waals surface area contributed by atoms with E-state index in [2.05, 4.69) is 21.7 Å². The van der Waals surface area contributed by atoms with Crippen LogP contribution in [0.1, 0.15) is 18.4 Å². The molecule has 1 aliphatic heterocycles. The van der Waals surface area contributed by atoms with Crippen LogP contribution in [0.2, 0.25) is 5.02 Å². The maximum atomic E-state index is 12.5. The van der Waals surface area contributed by atoms with Gasteiger partial charge in [0.1, 0.15) is 0 Å². The van der Waals surface area contributed by atoms with Gasteiger partial charge in [-0.15, -0.1) is 0 Å². The summed E-state index contributed by atoms with van der Waals surface area (Å²) >= 11 is 5.91. The molecule has 0 radical (unpaired) electrons. The summed E-state index contributed by atoms with van der Waals surface area (Å²) in [5.74, 6) is 0.797. The Morgan fingerprint density at radius 3 is 2.58 bits per heavy atom. The molecule has 2 aromatic carbocycles. The van der Waals surface area contributed by atoms with Crippen molar-refractivity contribution >= 4 is 28.5 Å². The SMILES string of the molecule is O=C(Cc1ccc(Cl)cc1)N1CCC(Cn2cnc3ccccc32)CC1. The largest absolute Gasteiger partial charge is 0.342 e. The number of para-hydroxylation sites is 2. The molecule has 0 bridgehead atoms. The molecule has 0 spiro atoms. The third kappa shape index (κ3) is 3.75. The third-order valence-electron chi connectivity index (χ3n) is 5.22. The number of likely N-dealkylation sites (tertiary alicyclic amines) is 1. The number of aromatic nitrogens is 2. The molecule has 0 N–H and O–H groups in total. The number of hydrogen-bond donors (Lipinski definition) is 0. The minimum atomic E-state index is 0.207. The van der Waals surface area contributed by atoms with E-state index in [1.165, 1.54) is 5.52 Å². The Kier molecular flexibility index (Phi) is 4.93. The molecule has 134 valence electrons. The predicted molar refractivity (Wildman–Crippen MR) is 104 cm³/mol. The molecule has 1 aromatic heterocycles. The lowest BCUT2D eigenvalue weighted by atomic mass is 9.96. The van der Waals surface area contributed by atoms with E-state index in [9.17, 15) is 4.79 Å². The molecule has 0 saturated carbocycles. The van der Waals surface area contributed by atoms with Gasteiger partial charge in [0.05, 0.1) is 23.8 Å². The van der Waals surface area contributed by atoms with E-state index in [0.29, 0.717) is 17.4 Å². The molecule has 0 atom stereocenters. The van der Waals surface area contributed by atoms with Crippen LogP contribution in [0.15, 0.2) is 54.9 Å². The highest BCUT2D eigenvalue weighted by atomic mass is 35.5.